The van der Waals surface area contributed by atoms with E-state index in [4.69, 9.17) is 4.74 Å². The molecule has 0 atom stereocenters. The standard InChI is InChI=1S/C26H24N4O6S/c1-3-17-8-4-6-10-22(17)30-25(32)20(24(31)28-26(30)33)16-27-18-12-14-19(15-13-18)37(34,35)29-21-9-5-7-11-23(21)36-2/h4-16,29,32H,3H2,1-2H3,(H,28,31,33). The number of para-hydroxylation sites is 3. The van der Waals surface area contributed by atoms with Crippen molar-refractivity contribution in [3.05, 3.63) is 105 Å². The maximum atomic E-state index is 12.8. The van der Waals surface area contributed by atoms with Crippen LogP contribution in [0.25, 0.3) is 5.69 Å². The van der Waals surface area contributed by atoms with Crippen LogP contribution in [0.5, 0.6) is 11.6 Å². The number of ether oxygens (including phenoxy) is 1. The Balaban J connectivity index is 1.63. The highest BCUT2D eigenvalue weighted by molar-refractivity contribution is 7.92. The molecule has 37 heavy (non-hydrogen) atoms. The van der Waals surface area contributed by atoms with Crippen molar-refractivity contribution in [2.24, 2.45) is 4.99 Å². The Hall–Kier alpha value is -4.64. The third-order valence-electron chi connectivity index (χ3n) is 5.58. The Bertz CT molecular complexity index is 1690. The summed E-state index contributed by atoms with van der Waals surface area (Å²) in [7, 11) is -2.46. The largest absolute Gasteiger partial charge is 0.495 e. The fourth-order valence-electron chi connectivity index (χ4n) is 3.69. The Morgan fingerprint density at radius 2 is 1.70 bits per heavy atom. The van der Waals surface area contributed by atoms with Crippen molar-refractivity contribution < 1.29 is 18.3 Å². The zero-order valence-corrected chi connectivity index (χ0v) is 20.8. The van der Waals surface area contributed by atoms with Gasteiger partial charge in [0.25, 0.3) is 15.6 Å². The van der Waals surface area contributed by atoms with Crippen LogP contribution in [-0.2, 0) is 16.4 Å². The molecular weight excluding hydrogens is 496 g/mol. The molecule has 0 spiro atoms. The van der Waals surface area contributed by atoms with Crippen molar-refractivity contribution >= 4 is 27.6 Å². The maximum absolute atomic E-state index is 12.8. The van der Waals surface area contributed by atoms with Crippen molar-refractivity contribution in [3.8, 4) is 17.3 Å². The van der Waals surface area contributed by atoms with Gasteiger partial charge in [-0.2, -0.15) is 0 Å². The van der Waals surface area contributed by atoms with E-state index in [9.17, 15) is 23.1 Å². The highest BCUT2D eigenvalue weighted by Gasteiger charge is 2.17. The lowest BCUT2D eigenvalue weighted by Gasteiger charge is -2.13. The Labute approximate surface area is 212 Å². The first-order chi connectivity index (χ1) is 17.7. The van der Waals surface area contributed by atoms with E-state index >= 15 is 0 Å². The van der Waals surface area contributed by atoms with Crippen molar-refractivity contribution in [1.82, 2.24) is 9.55 Å². The highest BCUT2D eigenvalue weighted by atomic mass is 32.2. The maximum Gasteiger partial charge on any atom is 0.335 e. The van der Waals surface area contributed by atoms with Gasteiger partial charge in [-0.1, -0.05) is 37.3 Å². The molecule has 0 amide bonds. The van der Waals surface area contributed by atoms with Gasteiger partial charge in [-0.15, -0.1) is 0 Å². The predicted octanol–water partition coefficient (Wildman–Crippen LogP) is 3.35. The Morgan fingerprint density at radius 1 is 1.03 bits per heavy atom. The van der Waals surface area contributed by atoms with Gasteiger partial charge in [0, 0.05) is 6.21 Å². The average molecular weight is 521 g/mol. The number of aliphatic imine (C=N–C) groups is 1. The molecular formula is C26H24N4O6S. The van der Waals surface area contributed by atoms with Gasteiger partial charge in [-0.25, -0.2) is 17.8 Å². The number of aromatic hydroxyl groups is 1. The second kappa shape index (κ2) is 10.5. The van der Waals surface area contributed by atoms with E-state index in [0.717, 1.165) is 16.3 Å². The number of methoxy groups -OCH3 is 1. The van der Waals surface area contributed by atoms with Crippen LogP contribution in [0.1, 0.15) is 18.1 Å². The molecule has 1 aromatic heterocycles. The number of sulfonamides is 1. The molecule has 0 saturated carbocycles. The molecule has 0 saturated heterocycles. The molecule has 0 unspecified atom stereocenters. The van der Waals surface area contributed by atoms with E-state index in [1.165, 1.54) is 31.4 Å². The van der Waals surface area contributed by atoms with Gasteiger partial charge in [0.05, 0.1) is 29.1 Å². The molecule has 1 heterocycles. The van der Waals surface area contributed by atoms with Crippen molar-refractivity contribution in [2.75, 3.05) is 11.8 Å². The van der Waals surface area contributed by atoms with Crippen LogP contribution in [0.4, 0.5) is 11.4 Å². The number of aromatic amines is 1. The van der Waals surface area contributed by atoms with Crippen LogP contribution in [0.15, 0.2) is 92.3 Å². The summed E-state index contributed by atoms with van der Waals surface area (Å²) < 4.78 is 34.3. The molecule has 0 bridgehead atoms. The van der Waals surface area contributed by atoms with E-state index in [2.05, 4.69) is 14.7 Å². The van der Waals surface area contributed by atoms with Crippen LogP contribution in [0, 0.1) is 0 Å². The van der Waals surface area contributed by atoms with Gasteiger partial charge >= 0.3 is 5.69 Å². The average Bonchev–Trinajstić information content (AvgIpc) is 2.89. The number of aryl methyl sites for hydroxylation is 1. The molecule has 0 aliphatic heterocycles. The summed E-state index contributed by atoms with van der Waals surface area (Å²) in [5.41, 5.74) is 0.0431. The first-order valence-corrected chi connectivity index (χ1v) is 12.7. The van der Waals surface area contributed by atoms with E-state index in [0.29, 0.717) is 29.2 Å². The lowest BCUT2D eigenvalue weighted by atomic mass is 10.1. The van der Waals surface area contributed by atoms with Crippen molar-refractivity contribution in [3.63, 3.8) is 0 Å². The third kappa shape index (κ3) is 5.31. The molecule has 0 fully saturated rings. The molecule has 190 valence electrons. The molecule has 4 aromatic rings. The molecule has 4 rings (SSSR count). The molecule has 0 aliphatic carbocycles. The molecule has 0 aliphatic rings. The number of anilines is 1. The second-order valence-corrected chi connectivity index (χ2v) is 9.55. The zero-order chi connectivity index (χ0) is 26.6. The summed E-state index contributed by atoms with van der Waals surface area (Å²) in [5.74, 6) is -0.182. The second-order valence-electron chi connectivity index (χ2n) is 7.87. The van der Waals surface area contributed by atoms with Crippen LogP contribution in [0.3, 0.4) is 0 Å². The number of benzene rings is 3. The number of H-pyrrole nitrogens is 1. The minimum atomic E-state index is -3.91. The van der Waals surface area contributed by atoms with Crippen LogP contribution < -0.4 is 20.7 Å². The van der Waals surface area contributed by atoms with Crippen molar-refractivity contribution in [2.45, 2.75) is 18.2 Å². The van der Waals surface area contributed by atoms with Gasteiger partial charge in [0.2, 0.25) is 5.88 Å². The van der Waals surface area contributed by atoms with Gasteiger partial charge in [-0.3, -0.25) is 19.5 Å². The number of hydrogen-bond donors (Lipinski definition) is 3. The fourth-order valence-corrected chi connectivity index (χ4v) is 4.76. The quantitative estimate of drug-likeness (QED) is 0.304. The number of nitrogens with zero attached hydrogens (tertiary/aromatic N) is 2. The fraction of sp³-hybridized carbons (Fsp3) is 0.115. The smallest absolute Gasteiger partial charge is 0.335 e. The summed E-state index contributed by atoms with van der Waals surface area (Å²) in [6.07, 6.45) is 1.72. The molecule has 3 aromatic carbocycles. The minimum absolute atomic E-state index is 0.0113. The first-order valence-electron chi connectivity index (χ1n) is 11.2. The predicted molar refractivity (Wildman–Crippen MR) is 141 cm³/mol. The summed E-state index contributed by atoms with van der Waals surface area (Å²) in [6, 6.07) is 19.2. The molecule has 3 N–H and O–H groups in total. The minimum Gasteiger partial charge on any atom is -0.495 e. The van der Waals surface area contributed by atoms with Gasteiger partial charge in [-0.05, 0) is 54.4 Å². The topological polar surface area (TPSA) is 143 Å². The lowest BCUT2D eigenvalue weighted by molar-refractivity contribution is 0.417. The normalized spacial score (nSPS) is 11.5. The van der Waals surface area contributed by atoms with E-state index in [1.807, 2.05) is 19.1 Å². The van der Waals surface area contributed by atoms with E-state index < -0.39 is 27.2 Å². The Kier molecular flexibility index (Phi) is 7.25. The Morgan fingerprint density at radius 3 is 2.41 bits per heavy atom. The summed E-state index contributed by atoms with van der Waals surface area (Å²) in [5, 5.41) is 10.8. The number of aromatic nitrogens is 2. The lowest BCUT2D eigenvalue weighted by Crippen LogP contribution is -2.31. The first kappa shape index (κ1) is 25.5. The van der Waals surface area contributed by atoms with Crippen LogP contribution in [-0.4, -0.2) is 36.4 Å². The van der Waals surface area contributed by atoms with E-state index in [-0.39, 0.29) is 10.5 Å². The number of rotatable bonds is 8. The van der Waals surface area contributed by atoms with Gasteiger partial charge in [0.1, 0.15) is 11.3 Å². The highest BCUT2D eigenvalue weighted by Crippen LogP contribution is 2.27. The van der Waals surface area contributed by atoms with Crippen LogP contribution >= 0.6 is 0 Å². The SMILES string of the molecule is CCc1ccccc1-n1c(O)c(C=Nc2ccc(S(=O)(=O)Nc3ccccc3OC)cc2)c(=O)[nH]c1=O. The number of hydrogen-bond acceptors (Lipinski definition) is 7. The number of nitrogens with one attached hydrogen (secondary N) is 2. The molecule has 11 heteroatoms. The molecule has 10 nitrogen and oxygen atoms in total. The van der Waals surface area contributed by atoms with Gasteiger partial charge < -0.3 is 9.84 Å². The molecule has 0 radical (unpaired) electrons. The summed E-state index contributed by atoms with van der Waals surface area (Å²) >= 11 is 0. The summed E-state index contributed by atoms with van der Waals surface area (Å²) in [4.78, 5) is 31.3. The monoisotopic (exact) mass is 520 g/mol. The van der Waals surface area contributed by atoms with E-state index in [1.54, 1.807) is 36.4 Å². The van der Waals surface area contributed by atoms with Crippen LogP contribution in [0.2, 0.25) is 0 Å². The third-order valence-corrected chi connectivity index (χ3v) is 6.96. The van der Waals surface area contributed by atoms with Crippen molar-refractivity contribution in [1.29, 1.82) is 0 Å². The van der Waals surface area contributed by atoms with Gasteiger partial charge in [0.15, 0.2) is 0 Å². The zero-order valence-electron chi connectivity index (χ0n) is 20.0. The summed E-state index contributed by atoms with van der Waals surface area (Å²) in [6.45, 7) is 1.91.